The van der Waals surface area contributed by atoms with E-state index in [1.807, 2.05) is 6.07 Å². The van der Waals surface area contributed by atoms with Gasteiger partial charge >= 0.3 is 5.69 Å². The van der Waals surface area contributed by atoms with Crippen molar-refractivity contribution in [2.75, 3.05) is 6.54 Å². The molecule has 0 saturated heterocycles. The van der Waals surface area contributed by atoms with E-state index in [2.05, 4.69) is 4.98 Å². The molecular weight excluding hydrogens is 248 g/mol. The number of aromatic nitrogens is 1. The van der Waals surface area contributed by atoms with Crippen LogP contribution < -0.4 is 10.5 Å². The van der Waals surface area contributed by atoms with E-state index in [4.69, 9.17) is 15.7 Å². The Hall–Kier alpha value is -2.20. The SMILES string of the molecule is N#Cc1cnc(OC2CCCC2CN)c([N+](=O)[O-])c1. The van der Waals surface area contributed by atoms with Gasteiger partial charge in [0.05, 0.1) is 10.5 Å². The molecule has 2 rings (SSSR count). The number of nitrogens with two attached hydrogens (primary N) is 1. The molecule has 0 radical (unpaired) electrons. The molecule has 0 aliphatic heterocycles. The van der Waals surface area contributed by atoms with Crippen molar-refractivity contribution in [3.63, 3.8) is 0 Å². The molecule has 1 aromatic rings. The molecule has 2 atom stereocenters. The molecule has 1 heterocycles. The Morgan fingerprint density at radius 3 is 3.05 bits per heavy atom. The maximum absolute atomic E-state index is 11.0. The number of hydrogen-bond donors (Lipinski definition) is 1. The average molecular weight is 262 g/mol. The Bertz CT molecular complexity index is 526. The molecule has 0 bridgehead atoms. The van der Waals surface area contributed by atoms with Gasteiger partial charge < -0.3 is 10.5 Å². The molecule has 1 saturated carbocycles. The molecule has 0 aromatic carbocycles. The molecule has 0 spiro atoms. The molecule has 19 heavy (non-hydrogen) atoms. The van der Waals surface area contributed by atoms with E-state index < -0.39 is 4.92 Å². The van der Waals surface area contributed by atoms with E-state index in [1.165, 1.54) is 12.3 Å². The first-order valence-corrected chi connectivity index (χ1v) is 6.07. The molecule has 7 nitrogen and oxygen atoms in total. The molecule has 2 N–H and O–H groups in total. The van der Waals surface area contributed by atoms with E-state index in [0.29, 0.717) is 6.54 Å². The van der Waals surface area contributed by atoms with Crippen LogP contribution >= 0.6 is 0 Å². The third-order valence-corrected chi connectivity index (χ3v) is 3.31. The van der Waals surface area contributed by atoms with Gasteiger partial charge in [0, 0.05) is 18.2 Å². The Labute approximate surface area is 110 Å². The number of hydrogen-bond acceptors (Lipinski definition) is 6. The summed E-state index contributed by atoms with van der Waals surface area (Å²) in [7, 11) is 0. The second-order valence-electron chi connectivity index (χ2n) is 4.50. The normalized spacial score (nSPS) is 21.9. The summed E-state index contributed by atoms with van der Waals surface area (Å²) in [6.07, 6.45) is 3.92. The number of rotatable bonds is 4. The summed E-state index contributed by atoms with van der Waals surface area (Å²) in [5.41, 5.74) is 5.51. The summed E-state index contributed by atoms with van der Waals surface area (Å²) < 4.78 is 5.63. The van der Waals surface area contributed by atoms with Crippen LogP contribution in [0, 0.1) is 27.4 Å². The van der Waals surface area contributed by atoms with Crippen molar-refractivity contribution in [3.05, 3.63) is 27.9 Å². The Morgan fingerprint density at radius 2 is 2.42 bits per heavy atom. The largest absolute Gasteiger partial charge is 0.469 e. The van der Waals surface area contributed by atoms with Gasteiger partial charge in [0.1, 0.15) is 12.2 Å². The Morgan fingerprint density at radius 1 is 1.63 bits per heavy atom. The minimum Gasteiger partial charge on any atom is -0.469 e. The summed E-state index contributed by atoms with van der Waals surface area (Å²) in [6.45, 7) is 0.495. The minimum absolute atomic E-state index is 0.0330. The van der Waals surface area contributed by atoms with Crippen LogP contribution in [0.3, 0.4) is 0 Å². The fourth-order valence-electron chi connectivity index (χ4n) is 2.29. The smallest absolute Gasteiger partial charge is 0.332 e. The minimum atomic E-state index is -0.588. The molecule has 1 fully saturated rings. The van der Waals surface area contributed by atoms with Gasteiger partial charge in [-0.15, -0.1) is 0 Å². The van der Waals surface area contributed by atoms with Crippen LogP contribution in [0.1, 0.15) is 24.8 Å². The third-order valence-electron chi connectivity index (χ3n) is 3.31. The van der Waals surface area contributed by atoms with Gasteiger partial charge in [0.2, 0.25) is 0 Å². The van der Waals surface area contributed by atoms with Gasteiger partial charge in [-0.25, -0.2) is 4.98 Å². The van der Waals surface area contributed by atoms with Crippen LogP contribution in [0.5, 0.6) is 5.88 Å². The fraction of sp³-hybridized carbons (Fsp3) is 0.500. The highest BCUT2D eigenvalue weighted by atomic mass is 16.6. The lowest BCUT2D eigenvalue weighted by Crippen LogP contribution is -2.28. The second kappa shape index (κ2) is 5.63. The van der Waals surface area contributed by atoms with Gasteiger partial charge in [0.15, 0.2) is 0 Å². The zero-order chi connectivity index (χ0) is 13.8. The van der Waals surface area contributed by atoms with Crippen molar-refractivity contribution in [2.24, 2.45) is 11.7 Å². The summed E-state index contributed by atoms with van der Waals surface area (Å²) in [4.78, 5) is 14.3. The molecule has 1 aromatic heterocycles. The maximum atomic E-state index is 11.0. The Balaban J connectivity index is 2.25. The summed E-state index contributed by atoms with van der Waals surface area (Å²) in [5.74, 6) is 0.173. The van der Waals surface area contributed by atoms with Crippen LogP contribution in [-0.2, 0) is 0 Å². The zero-order valence-electron chi connectivity index (χ0n) is 10.3. The Kier molecular flexibility index (Phi) is 3.92. The van der Waals surface area contributed by atoms with Crippen LogP contribution in [0.15, 0.2) is 12.3 Å². The quantitative estimate of drug-likeness (QED) is 0.647. The summed E-state index contributed by atoms with van der Waals surface area (Å²) in [5, 5.41) is 19.7. The van der Waals surface area contributed by atoms with Gasteiger partial charge in [-0.1, -0.05) is 0 Å². The topological polar surface area (TPSA) is 115 Å². The first-order valence-electron chi connectivity index (χ1n) is 6.07. The molecule has 1 aliphatic rings. The highest BCUT2D eigenvalue weighted by Gasteiger charge is 2.30. The van der Waals surface area contributed by atoms with Crippen molar-refractivity contribution >= 4 is 5.69 Å². The zero-order valence-corrected chi connectivity index (χ0v) is 10.3. The predicted octanol–water partition coefficient (Wildman–Crippen LogP) is 1.37. The van der Waals surface area contributed by atoms with E-state index in [-0.39, 0.29) is 29.2 Å². The average Bonchev–Trinajstić information content (AvgIpc) is 2.86. The number of ether oxygens (including phenoxy) is 1. The standard InChI is InChI=1S/C12H14N4O3/c13-5-8-4-10(16(17)18)12(15-7-8)19-11-3-1-2-9(11)6-14/h4,7,9,11H,1-3,6,14H2. The number of nitrogens with zero attached hydrogens (tertiary/aromatic N) is 3. The predicted molar refractivity (Wildman–Crippen MR) is 66.4 cm³/mol. The van der Waals surface area contributed by atoms with Crippen molar-refractivity contribution in [1.82, 2.24) is 4.98 Å². The molecule has 1 aliphatic carbocycles. The van der Waals surface area contributed by atoms with Crippen molar-refractivity contribution in [2.45, 2.75) is 25.4 Å². The second-order valence-corrected chi connectivity index (χ2v) is 4.50. The van der Waals surface area contributed by atoms with Crippen LogP contribution in [0.2, 0.25) is 0 Å². The number of nitro groups is 1. The first kappa shape index (κ1) is 13.2. The fourth-order valence-corrected chi connectivity index (χ4v) is 2.29. The highest BCUT2D eigenvalue weighted by Crippen LogP contribution is 2.32. The first-order chi connectivity index (χ1) is 9.15. The highest BCUT2D eigenvalue weighted by molar-refractivity contribution is 5.46. The molecule has 0 amide bonds. The summed E-state index contributed by atoms with van der Waals surface area (Å²) in [6, 6.07) is 3.00. The van der Waals surface area contributed by atoms with Gasteiger partial charge in [-0.2, -0.15) is 5.26 Å². The lowest BCUT2D eigenvalue weighted by atomic mass is 10.1. The molecule has 7 heteroatoms. The molecule has 100 valence electrons. The van der Waals surface area contributed by atoms with Crippen LogP contribution in [0.25, 0.3) is 0 Å². The summed E-state index contributed by atoms with van der Waals surface area (Å²) >= 11 is 0. The van der Waals surface area contributed by atoms with Crippen LogP contribution in [0.4, 0.5) is 5.69 Å². The lowest BCUT2D eigenvalue weighted by Gasteiger charge is -2.18. The number of nitriles is 1. The van der Waals surface area contributed by atoms with Gasteiger partial charge in [-0.3, -0.25) is 10.1 Å². The van der Waals surface area contributed by atoms with Crippen molar-refractivity contribution < 1.29 is 9.66 Å². The third kappa shape index (κ3) is 2.80. The maximum Gasteiger partial charge on any atom is 0.332 e. The number of pyridine rings is 1. The molecule has 2 unspecified atom stereocenters. The lowest BCUT2D eigenvalue weighted by molar-refractivity contribution is -0.386. The van der Waals surface area contributed by atoms with Crippen molar-refractivity contribution in [3.8, 4) is 11.9 Å². The van der Waals surface area contributed by atoms with E-state index in [9.17, 15) is 10.1 Å². The van der Waals surface area contributed by atoms with Crippen molar-refractivity contribution in [1.29, 1.82) is 5.26 Å². The van der Waals surface area contributed by atoms with E-state index in [1.54, 1.807) is 0 Å². The van der Waals surface area contributed by atoms with Crippen LogP contribution in [-0.4, -0.2) is 22.6 Å². The van der Waals surface area contributed by atoms with E-state index >= 15 is 0 Å². The monoisotopic (exact) mass is 262 g/mol. The van der Waals surface area contributed by atoms with Gasteiger partial charge in [-0.05, 0) is 25.8 Å². The van der Waals surface area contributed by atoms with E-state index in [0.717, 1.165) is 19.3 Å². The van der Waals surface area contributed by atoms with Gasteiger partial charge in [0.25, 0.3) is 5.88 Å². The molecular formula is C12H14N4O3.